The van der Waals surface area contributed by atoms with E-state index >= 15 is 0 Å². The number of rotatable bonds is 5. The van der Waals surface area contributed by atoms with E-state index < -0.39 is 0 Å². The standard InChI is InChI=1S/C24H23N7O/c32-24(20-8-4-5-9-21(20)26-19-6-2-1-3-7-19)30-16-14-29(15-17-30)22-10-11-23(28-27-22)31-13-12-25-18-31/h1-13,18,26H,14-17H2. The first-order valence-corrected chi connectivity index (χ1v) is 10.6. The van der Waals surface area contributed by atoms with Crippen LogP contribution in [0.2, 0.25) is 0 Å². The summed E-state index contributed by atoms with van der Waals surface area (Å²) in [7, 11) is 0. The Bertz CT molecular complexity index is 1170. The third kappa shape index (κ3) is 4.15. The van der Waals surface area contributed by atoms with Crippen molar-refractivity contribution in [2.75, 3.05) is 36.4 Å². The second-order valence-electron chi connectivity index (χ2n) is 7.54. The van der Waals surface area contributed by atoms with Crippen LogP contribution in [0.25, 0.3) is 5.82 Å². The van der Waals surface area contributed by atoms with Gasteiger partial charge in [0.15, 0.2) is 11.6 Å². The fraction of sp³-hybridized carbons (Fsp3) is 0.167. The molecule has 0 saturated carbocycles. The topological polar surface area (TPSA) is 79.2 Å². The fourth-order valence-electron chi connectivity index (χ4n) is 3.78. The molecule has 0 atom stereocenters. The SMILES string of the molecule is O=C(c1ccccc1Nc1ccccc1)N1CCN(c2ccc(-n3ccnc3)nn2)CC1. The molecule has 8 nitrogen and oxygen atoms in total. The third-order valence-corrected chi connectivity index (χ3v) is 5.51. The number of carbonyl (C=O) groups excluding carboxylic acids is 1. The van der Waals surface area contributed by atoms with Gasteiger partial charge in [-0.05, 0) is 36.4 Å². The van der Waals surface area contributed by atoms with Gasteiger partial charge < -0.3 is 15.1 Å². The molecule has 1 saturated heterocycles. The van der Waals surface area contributed by atoms with Crippen LogP contribution in [0.5, 0.6) is 0 Å². The zero-order valence-corrected chi connectivity index (χ0v) is 17.5. The normalized spacial score (nSPS) is 13.8. The van der Waals surface area contributed by atoms with E-state index in [-0.39, 0.29) is 5.91 Å². The molecule has 1 aliphatic rings. The van der Waals surface area contributed by atoms with Crippen LogP contribution < -0.4 is 10.2 Å². The molecule has 0 spiro atoms. The van der Waals surface area contributed by atoms with Gasteiger partial charge in [-0.15, -0.1) is 10.2 Å². The quantitative estimate of drug-likeness (QED) is 0.528. The van der Waals surface area contributed by atoms with Gasteiger partial charge >= 0.3 is 0 Å². The summed E-state index contributed by atoms with van der Waals surface area (Å²) < 4.78 is 1.81. The molecule has 0 unspecified atom stereocenters. The Morgan fingerprint density at radius 2 is 1.53 bits per heavy atom. The minimum atomic E-state index is 0.0326. The highest BCUT2D eigenvalue weighted by molar-refractivity contribution is 6.00. The molecule has 1 fully saturated rings. The molecule has 2 aromatic heterocycles. The highest BCUT2D eigenvalue weighted by atomic mass is 16.2. The lowest BCUT2D eigenvalue weighted by atomic mass is 10.1. The molecule has 0 aliphatic carbocycles. The summed E-state index contributed by atoms with van der Waals surface area (Å²) in [6.07, 6.45) is 5.23. The van der Waals surface area contributed by atoms with E-state index in [4.69, 9.17) is 0 Å². The van der Waals surface area contributed by atoms with Gasteiger partial charge in [-0.1, -0.05) is 30.3 Å². The van der Waals surface area contributed by atoms with Crippen molar-refractivity contribution >= 4 is 23.1 Å². The average molecular weight is 425 g/mol. The van der Waals surface area contributed by atoms with Gasteiger partial charge in [-0.3, -0.25) is 9.36 Å². The number of piperazine rings is 1. The highest BCUT2D eigenvalue weighted by Gasteiger charge is 2.24. The van der Waals surface area contributed by atoms with Crippen molar-refractivity contribution in [2.45, 2.75) is 0 Å². The number of nitrogens with zero attached hydrogens (tertiary/aromatic N) is 6. The molecule has 4 aromatic rings. The van der Waals surface area contributed by atoms with Gasteiger partial charge in [-0.25, -0.2) is 4.98 Å². The molecule has 5 rings (SSSR count). The Hall–Kier alpha value is -4.20. The molecular weight excluding hydrogens is 402 g/mol. The maximum absolute atomic E-state index is 13.3. The van der Waals surface area contributed by atoms with Gasteiger partial charge in [0, 0.05) is 44.3 Å². The number of nitrogens with one attached hydrogen (secondary N) is 1. The van der Waals surface area contributed by atoms with Crippen molar-refractivity contribution in [1.82, 2.24) is 24.6 Å². The molecule has 32 heavy (non-hydrogen) atoms. The molecule has 2 aromatic carbocycles. The molecule has 1 amide bonds. The summed E-state index contributed by atoms with van der Waals surface area (Å²) in [5.74, 6) is 1.57. The first-order valence-electron chi connectivity index (χ1n) is 10.6. The third-order valence-electron chi connectivity index (χ3n) is 5.51. The lowest BCUT2D eigenvalue weighted by Crippen LogP contribution is -2.49. The summed E-state index contributed by atoms with van der Waals surface area (Å²) in [5, 5.41) is 12.0. The lowest BCUT2D eigenvalue weighted by molar-refractivity contribution is 0.0747. The number of benzene rings is 2. The van der Waals surface area contributed by atoms with Crippen LogP contribution in [0.15, 0.2) is 85.5 Å². The van der Waals surface area contributed by atoms with Crippen molar-refractivity contribution < 1.29 is 4.79 Å². The first-order chi connectivity index (χ1) is 15.8. The summed E-state index contributed by atoms with van der Waals surface area (Å²) >= 11 is 0. The summed E-state index contributed by atoms with van der Waals surface area (Å²) in [4.78, 5) is 21.3. The minimum absolute atomic E-state index is 0.0326. The van der Waals surface area contributed by atoms with Crippen LogP contribution >= 0.6 is 0 Å². The molecule has 3 heterocycles. The van der Waals surface area contributed by atoms with Crippen molar-refractivity contribution in [3.05, 3.63) is 91.0 Å². The van der Waals surface area contributed by atoms with Crippen LogP contribution in [0, 0.1) is 0 Å². The Balaban J connectivity index is 1.24. The predicted octanol–water partition coefficient (Wildman–Crippen LogP) is 3.37. The van der Waals surface area contributed by atoms with Crippen LogP contribution in [-0.2, 0) is 0 Å². The summed E-state index contributed by atoms with van der Waals surface area (Å²) in [5.41, 5.74) is 2.44. The van der Waals surface area contributed by atoms with Gasteiger partial charge in [0.05, 0.1) is 11.3 Å². The van der Waals surface area contributed by atoms with E-state index in [0.29, 0.717) is 31.7 Å². The highest BCUT2D eigenvalue weighted by Crippen LogP contribution is 2.23. The smallest absolute Gasteiger partial charge is 0.256 e. The van der Waals surface area contributed by atoms with E-state index in [1.165, 1.54) is 0 Å². The predicted molar refractivity (Wildman–Crippen MR) is 123 cm³/mol. The Morgan fingerprint density at radius 3 is 2.25 bits per heavy atom. The number of para-hydroxylation sites is 2. The molecule has 8 heteroatoms. The largest absolute Gasteiger partial charge is 0.355 e. The van der Waals surface area contributed by atoms with E-state index in [2.05, 4.69) is 25.4 Å². The molecule has 0 radical (unpaired) electrons. The summed E-state index contributed by atoms with van der Waals surface area (Å²) in [6, 6.07) is 21.4. The zero-order valence-electron chi connectivity index (χ0n) is 17.5. The van der Waals surface area contributed by atoms with Crippen LogP contribution in [0.3, 0.4) is 0 Å². The fourth-order valence-corrected chi connectivity index (χ4v) is 3.78. The number of carbonyl (C=O) groups is 1. The van der Waals surface area contributed by atoms with E-state index in [9.17, 15) is 4.79 Å². The second kappa shape index (κ2) is 8.89. The number of anilines is 3. The van der Waals surface area contributed by atoms with Crippen LogP contribution in [-0.4, -0.2) is 56.7 Å². The molecule has 1 aliphatic heterocycles. The number of imidazole rings is 1. The Labute approximate surface area is 186 Å². The maximum atomic E-state index is 13.3. The van der Waals surface area contributed by atoms with Crippen LogP contribution in [0.1, 0.15) is 10.4 Å². The van der Waals surface area contributed by atoms with Gasteiger partial charge in [0.25, 0.3) is 5.91 Å². The number of aromatic nitrogens is 4. The Morgan fingerprint density at radius 1 is 0.812 bits per heavy atom. The van der Waals surface area contributed by atoms with Crippen molar-refractivity contribution in [1.29, 1.82) is 0 Å². The average Bonchev–Trinajstić information content (AvgIpc) is 3.40. The number of hydrogen-bond donors (Lipinski definition) is 1. The van der Waals surface area contributed by atoms with E-state index in [1.54, 1.807) is 12.5 Å². The lowest BCUT2D eigenvalue weighted by Gasteiger charge is -2.35. The maximum Gasteiger partial charge on any atom is 0.256 e. The van der Waals surface area contributed by atoms with Crippen molar-refractivity contribution in [3.8, 4) is 5.82 Å². The summed E-state index contributed by atoms with van der Waals surface area (Å²) in [6.45, 7) is 2.67. The number of amides is 1. The molecule has 0 bridgehead atoms. The van der Waals surface area contributed by atoms with Gasteiger partial charge in [-0.2, -0.15) is 0 Å². The monoisotopic (exact) mass is 425 g/mol. The van der Waals surface area contributed by atoms with Crippen LogP contribution in [0.4, 0.5) is 17.2 Å². The first kappa shape index (κ1) is 19.7. The number of hydrogen-bond acceptors (Lipinski definition) is 6. The van der Waals surface area contributed by atoms with Crippen molar-refractivity contribution in [2.24, 2.45) is 0 Å². The Kier molecular flexibility index (Phi) is 5.48. The molecular formula is C24H23N7O. The molecule has 160 valence electrons. The van der Waals surface area contributed by atoms with E-state index in [0.717, 1.165) is 23.0 Å². The van der Waals surface area contributed by atoms with Crippen molar-refractivity contribution in [3.63, 3.8) is 0 Å². The molecule has 1 N–H and O–H groups in total. The second-order valence-corrected chi connectivity index (χ2v) is 7.54. The minimum Gasteiger partial charge on any atom is -0.355 e. The van der Waals surface area contributed by atoms with E-state index in [1.807, 2.05) is 82.4 Å². The van der Waals surface area contributed by atoms with Gasteiger partial charge in [0.1, 0.15) is 6.33 Å². The zero-order chi connectivity index (χ0) is 21.8. The van der Waals surface area contributed by atoms with Gasteiger partial charge in [0.2, 0.25) is 0 Å².